The fraction of sp³-hybridized carbons (Fsp3) is 0.737. The van der Waals surface area contributed by atoms with Crippen LogP contribution in [0.3, 0.4) is 0 Å². The van der Waals surface area contributed by atoms with Crippen molar-refractivity contribution in [2.24, 2.45) is 22.2 Å². The Balaban J connectivity index is 2.03. The van der Waals surface area contributed by atoms with E-state index < -0.39 is 0 Å². The van der Waals surface area contributed by atoms with Crippen molar-refractivity contribution < 1.29 is 9.53 Å². The van der Waals surface area contributed by atoms with Crippen LogP contribution in [-0.2, 0) is 9.53 Å². The Bertz CT molecular complexity index is 516. The highest BCUT2D eigenvalue weighted by Gasteiger charge is 2.55. The van der Waals surface area contributed by atoms with E-state index in [4.69, 9.17) is 4.74 Å². The highest BCUT2D eigenvalue weighted by atomic mass is 16.5. The number of hydrogen-bond acceptors (Lipinski definition) is 2. The highest BCUT2D eigenvalue weighted by molar-refractivity contribution is 5.86. The third-order valence-electron chi connectivity index (χ3n) is 6.62. The van der Waals surface area contributed by atoms with E-state index >= 15 is 0 Å². The van der Waals surface area contributed by atoms with E-state index in [2.05, 4.69) is 40.3 Å². The average molecular weight is 288 g/mol. The van der Waals surface area contributed by atoms with Gasteiger partial charge in [0.25, 0.3) is 0 Å². The second kappa shape index (κ2) is 4.47. The molecule has 0 spiro atoms. The van der Waals surface area contributed by atoms with Gasteiger partial charge in [-0.25, -0.2) is 4.79 Å². The third kappa shape index (κ3) is 2.18. The fourth-order valence-corrected chi connectivity index (χ4v) is 4.76. The van der Waals surface area contributed by atoms with E-state index in [9.17, 15) is 4.79 Å². The van der Waals surface area contributed by atoms with Crippen molar-refractivity contribution in [3.05, 3.63) is 24.3 Å². The lowest BCUT2D eigenvalue weighted by atomic mass is 9.56. The summed E-state index contributed by atoms with van der Waals surface area (Å²) in [5, 5.41) is 0. The number of rotatable bonds is 1. The molecule has 2 fully saturated rings. The summed E-state index contributed by atoms with van der Waals surface area (Å²) in [7, 11) is 0. The molecule has 4 atom stereocenters. The molecule has 2 saturated carbocycles. The lowest BCUT2D eigenvalue weighted by Crippen LogP contribution is -2.41. The number of carbonyl (C=O) groups is 1. The fourth-order valence-electron chi connectivity index (χ4n) is 4.76. The Morgan fingerprint density at radius 1 is 1.24 bits per heavy atom. The first kappa shape index (κ1) is 14.9. The molecule has 0 aromatic carbocycles. The molecule has 0 bridgehead atoms. The zero-order chi connectivity index (χ0) is 15.5. The molecular formula is C19H28O2. The van der Waals surface area contributed by atoms with Crippen molar-refractivity contribution in [3.8, 4) is 0 Å². The maximum Gasteiger partial charge on any atom is 0.331 e. The second-order valence-corrected chi connectivity index (χ2v) is 8.62. The van der Waals surface area contributed by atoms with E-state index in [1.54, 1.807) is 6.08 Å². The summed E-state index contributed by atoms with van der Waals surface area (Å²) in [5.74, 6) is 0.487. The molecular weight excluding hydrogens is 260 g/mol. The van der Waals surface area contributed by atoms with E-state index in [0.717, 1.165) is 19.3 Å². The molecule has 2 aliphatic carbocycles. The van der Waals surface area contributed by atoms with Crippen molar-refractivity contribution in [3.63, 3.8) is 0 Å². The minimum Gasteiger partial charge on any atom is -0.454 e. The molecule has 0 aromatic heterocycles. The molecule has 2 nitrogen and oxygen atoms in total. The number of allylic oxidation sites excluding steroid dienone is 1. The molecule has 0 aromatic rings. The molecule has 0 radical (unpaired) electrons. The van der Waals surface area contributed by atoms with E-state index in [1.165, 1.54) is 18.4 Å². The molecule has 116 valence electrons. The number of hydrogen-bond donors (Lipinski definition) is 0. The lowest BCUT2D eigenvalue weighted by molar-refractivity contribution is -0.143. The van der Waals surface area contributed by atoms with E-state index in [1.807, 2.05) is 0 Å². The predicted octanol–water partition coefficient (Wildman–Crippen LogP) is 4.66. The van der Waals surface area contributed by atoms with Gasteiger partial charge in [0, 0.05) is 11.5 Å². The summed E-state index contributed by atoms with van der Waals surface area (Å²) in [6, 6.07) is 0. The van der Waals surface area contributed by atoms with Crippen LogP contribution in [0.15, 0.2) is 24.3 Å². The van der Waals surface area contributed by atoms with Crippen molar-refractivity contribution in [2.75, 3.05) is 0 Å². The zero-order valence-electron chi connectivity index (χ0n) is 13.9. The molecule has 3 aliphatic rings. The van der Waals surface area contributed by atoms with Crippen LogP contribution in [0.25, 0.3) is 0 Å². The van der Waals surface area contributed by atoms with Gasteiger partial charge >= 0.3 is 5.97 Å². The number of esters is 1. The SMILES string of the molecule is C=C[C@]1(C)CC[C@@]2(C)C3=CC(=O)OC3C(C)(C)CC[C@@H]2C1. The average Bonchev–Trinajstić information content (AvgIpc) is 2.81. The van der Waals surface area contributed by atoms with Crippen LogP contribution in [0.5, 0.6) is 0 Å². The third-order valence-corrected chi connectivity index (χ3v) is 6.62. The van der Waals surface area contributed by atoms with Crippen molar-refractivity contribution in [2.45, 2.75) is 65.9 Å². The quantitative estimate of drug-likeness (QED) is 0.518. The minimum absolute atomic E-state index is 0.0203. The molecule has 0 saturated heterocycles. The summed E-state index contributed by atoms with van der Waals surface area (Å²) >= 11 is 0. The molecule has 21 heavy (non-hydrogen) atoms. The minimum atomic E-state index is -0.137. The number of fused-ring (bicyclic) bond motifs is 3. The summed E-state index contributed by atoms with van der Waals surface area (Å²) in [6.07, 6.45) is 9.74. The number of carbonyl (C=O) groups excluding carboxylic acids is 1. The molecule has 1 heterocycles. The smallest absolute Gasteiger partial charge is 0.331 e. The first-order valence-electron chi connectivity index (χ1n) is 8.26. The molecule has 1 unspecified atom stereocenters. The van der Waals surface area contributed by atoms with Gasteiger partial charge in [0.05, 0.1) is 0 Å². The van der Waals surface area contributed by atoms with Gasteiger partial charge in [0.2, 0.25) is 0 Å². The summed E-state index contributed by atoms with van der Waals surface area (Å²) < 4.78 is 5.70. The van der Waals surface area contributed by atoms with Crippen LogP contribution in [0.1, 0.15) is 59.8 Å². The Morgan fingerprint density at radius 2 is 1.95 bits per heavy atom. The normalized spacial score (nSPS) is 45.0. The maximum atomic E-state index is 11.9. The van der Waals surface area contributed by atoms with Gasteiger partial charge in [-0.05, 0) is 54.4 Å². The molecule has 1 aliphatic heterocycles. The second-order valence-electron chi connectivity index (χ2n) is 8.62. The van der Waals surface area contributed by atoms with Gasteiger partial charge in [0.15, 0.2) is 0 Å². The van der Waals surface area contributed by atoms with Crippen molar-refractivity contribution in [1.82, 2.24) is 0 Å². The van der Waals surface area contributed by atoms with Crippen LogP contribution in [0.2, 0.25) is 0 Å². The standard InChI is InChI=1S/C19H28O2/c1-6-18(4)9-10-19(5)13(12-18)7-8-17(2,3)16-14(19)11-15(20)21-16/h6,11,13,16H,1,7-10,12H2,2-5H3/t13-,16?,18-,19-/m1/s1. The highest BCUT2D eigenvalue weighted by Crippen LogP contribution is 2.60. The summed E-state index contributed by atoms with van der Waals surface area (Å²) in [5.41, 5.74) is 1.68. The van der Waals surface area contributed by atoms with E-state index in [0.29, 0.717) is 5.92 Å². The van der Waals surface area contributed by atoms with Gasteiger partial charge in [-0.3, -0.25) is 0 Å². The van der Waals surface area contributed by atoms with Gasteiger partial charge in [-0.2, -0.15) is 0 Å². The Kier molecular flexibility index (Phi) is 3.17. The molecule has 0 N–H and O–H groups in total. The summed E-state index contributed by atoms with van der Waals surface area (Å²) in [6.45, 7) is 13.2. The van der Waals surface area contributed by atoms with Crippen molar-refractivity contribution >= 4 is 5.97 Å². The van der Waals surface area contributed by atoms with Crippen molar-refractivity contribution in [1.29, 1.82) is 0 Å². The van der Waals surface area contributed by atoms with Crippen LogP contribution >= 0.6 is 0 Å². The summed E-state index contributed by atoms with van der Waals surface area (Å²) in [4.78, 5) is 11.9. The van der Waals surface area contributed by atoms with Crippen LogP contribution < -0.4 is 0 Å². The van der Waals surface area contributed by atoms with Crippen LogP contribution in [0, 0.1) is 22.2 Å². The van der Waals surface area contributed by atoms with Gasteiger partial charge in [-0.1, -0.05) is 33.8 Å². The van der Waals surface area contributed by atoms with Gasteiger partial charge in [0.1, 0.15) is 6.10 Å². The van der Waals surface area contributed by atoms with Crippen LogP contribution in [-0.4, -0.2) is 12.1 Å². The molecule has 0 amide bonds. The first-order valence-corrected chi connectivity index (χ1v) is 8.26. The maximum absolute atomic E-state index is 11.9. The zero-order valence-corrected chi connectivity index (χ0v) is 13.9. The van der Waals surface area contributed by atoms with Crippen LogP contribution in [0.4, 0.5) is 0 Å². The first-order chi connectivity index (χ1) is 9.70. The Labute approximate surface area is 128 Å². The monoisotopic (exact) mass is 288 g/mol. The molecule has 3 rings (SSSR count). The Morgan fingerprint density at radius 3 is 2.62 bits per heavy atom. The Hall–Kier alpha value is -1.05. The lowest BCUT2D eigenvalue weighted by Gasteiger charge is -2.48. The largest absolute Gasteiger partial charge is 0.454 e. The molecule has 2 heteroatoms. The van der Waals surface area contributed by atoms with Gasteiger partial charge < -0.3 is 4.74 Å². The van der Waals surface area contributed by atoms with Gasteiger partial charge in [-0.15, -0.1) is 6.58 Å². The van der Waals surface area contributed by atoms with E-state index in [-0.39, 0.29) is 28.3 Å². The predicted molar refractivity (Wildman–Crippen MR) is 84.7 cm³/mol. The topological polar surface area (TPSA) is 26.3 Å². The number of ether oxygens (including phenoxy) is 1.